The van der Waals surface area contributed by atoms with Gasteiger partial charge in [0.15, 0.2) is 0 Å². The Kier molecular flexibility index (Phi) is 4.35. The molecule has 0 spiro atoms. The number of carbonyl (C=O) groups excluding carboxylic acids is 1. The molecule has 2 atom stereocenters. The third-order valence-electron chi connectivity index (χ3n) is 5.20. The van der Waals surface area contributed by atoms with E-state index in [1.54, 1.807) is 0 Å². The van der Waals surface area contributed by atoms with Gasteiger partial charge < -0.3 is 10.6 Å². The van der Waals surface area contributed by atoms with Gasteiger partial charge in [-0.1, -0.05) is 35.4 Å². The van der Waals surface area contributed by atoms with Crippen molar-refractivity contribution in [2.45, 2.75) is 32.0 Å². The number of carbonyl (C=O) groups is 1. The molecule has 5 rings (SSSR count). The van der Waals surface area contributed by atoms with Gasteiger partial charge >= 0.3 is 0 Å². The summed E-state index contributed by atoms with van der Waals surface area (Å²) in [5, 5.41) is 10.9. The fraction of sp³-hybridized carbons (Fsp3) is 0.529. The number of hydrogen-bond acceptors (Lipinski definition) is 6. The van der Waals surface area contributed by atoms with E-state index in [9.17, 15) is 4.79 Å². The van der Waals surface area contributed by atoms with E-state index < -0.39 is 0 Å². The summed E-state index contributed by atoms with van der Waals surface area (Å²) < 4.78 is 1.36. The highest BCUT2D eigenvalue weighted by atomic mass is 16.2. The molecule has 1 aromatic carbocycles. The molecule has 8 nitrogen and oxygen atoms in total. The van der Waals surface area contributed by atoms with Crippen LogP contribution < -0.4 is 5.73 Å². The summed E-state index contributed by atoms with van der Waals surface area (Å²) in [5.41, 5.74) is 7.00. The summed E-state index contributed by atoms with van der Waals surface area (Å²) in [4.78, 5) is 17.3. The minimum absolute atomic E-state index is 0.0512. The number of nitrogen functional groups attached to an aromatic ring is 1. The molecule has 2 N–H and O–H groups in total. The van der Waals surface area contributed by atoms with E-state index in [1.165, 1.54) is 16.7 Å². The van der Waals surface area contributed by atoms with Crippen molar-refractivity contribution >= 4 is 11.9 Å². The molecule has 0 unspecified atom stereocenters. The third kappa shape index (κ3) is 3.48. The van der Waals surface area contributed by atoms with Crippen molar-refractivity contribution in [3.8, 4) is 0 Å². The fourth-order valence-corrected chi connectivity index (χ4v) is 4.00. The summed E-state index contributed by atoms with van der Waals surface area (Å²) >= 11 is 0. The van der Waals surface area contributed by atoms with E-state index in [0.29, 0.717) is 5.92 Å². The molecular formula is C17H23N7O. The van der Waals surface area contributed by atoms with Crippen LogP contribution in [0.3, 0.4) is 0 Å². The first-order valence-corrected chi connectivity index (χ1v) is 8.76. The maximum Gasteiger partial charge on any atom is 0.244 e. The van der Waals surface area contributed by atoms with E-state index in [1.807, 2.05) is 11.0 Å². The molecule has 2 aromatic rings. The maximum absolute atomic E-state index is 12.8. The van der Waals surface area contributed by atoms with E-state index in [-0.39, 0.29) is 24.4 Å². The smallest absolute Gasteiger partial charge is 0.244 e. The monoisotopic (exact) mass is 341 g/mol. The number of piperidine rings is 1. The molecule has 0 saturated carbocycles. The van der Waals surface area contributed by atoms with Gasteiger partial charge in [-0.05, 0) is 34.7 Å². The van der Waals surface area contributed by atoms with E-state index >= 15 is 0 Å². The zero-order valence-corrected chi connectivity index (χ0v) is 14.2. The summed E-state index contributed by atoms with van der Waals surface area (Å²) in [6.45, 7) is 3.83. The van der Waals surface area contributed by atoms with Crippen LogP contribution in [0.25, 0.3) is 0 Å². The van der Waals surface area contributed by atoms with Gasteiger partial charge in [0.1, 0.15) is 6.54 Å². The molecule has 2 bridgehead atoms. The molecule has 25 heavy (non-hydrogen) atoms. The Bertz CT molecular complexity index is 732. The lowest BCUT2D eigenvalue weighted by Gasteiger charge is -2.36. The minimum atomic E-state index is 0.0512. The first kappa shape index (κ1) is 16.0. The van der Waals surface area contributed by atoms with Crippen LogP contribution in [0.15, 0.2) is 30.3 Å². The molecule has 3 aliphatic heterocycles. The summed E-state index contributed by atoms with van der Waals surface area (Å²) in [6, 6.07) is 10.8. The van der Waals surface area contributed by atoms with Crippen LogP contribution in [-0.2, 0) is 17.9 Å². The largest absolute Gasteiger partial charge is 0.367 e. The lowest BCUT2D eigenvalue weighted by atomic mass is 9.95. The average Bonchev–Trinajstić information content (AvgIpc) is 2.82. The first-order chi connectivity index (χ1) is 12.2. The Morgan fingerprint density at radius 2 is 2.00 bits per heavy atom. The van der Waals surface area contributed by atoms with Gasteiger partial charge in [0, 0.05) is 32.2 Å². The number of fused-ring (bicyclic) bond motifs is 4. The topological polar surface area (TPSA) is 93.2 Å². The molecule has 3 fully saturated rings. The van der Waals surface area contributed by atoms with Crippen molar-refractivity contribution in [2.24, 2.45) is 5.92 Å². The zero-order chi connectivity index (χ0) is 17.2. The van der Waals surface area contributed by atoms with Gasteiger partial charge in [-0.3, -0.25) is 9.69 Å². The van der Waals surface area contributed by atoms with Gasteiger partial charge in [-0.25, -0.2) is 4.68 Å². The van der Waals surface area contributed by atoms with Crippen LogP contribution in [0.5, 0.6) is 0 Å². The number of nitrogens with two attached hydrogens (primary N) is 1. The molecular weight excluding hydrogens is 318 g/mol. The Morgan fingerprint density at radius 1 is 1.16 bits per heavy atom. The maximum atomic E-state index is 12.8. The predicted octanol–water partition coefficient (Wildman–Crippen LogP) is 0.378. The third-order valence-corrected chi connectivity index (χ3v) is 5.20. The van der Waals surface area contributed by atoms with Crippen molar-refractivity contribution in [3.05, 3.63) is 35.9 Å². The van der Waals surface area contributed by atoms with E-state index in [2.05, 4.69) is 44.7 Å². The second-order valence-corrected chi connectivity index (χ2v) is 7.02. The van der Waals surface area contributed by atoms with Crippen molar-refractivity contribution in [1.82, 2.24) is 30.0 Å². The lowest BCUT2D eigenvalue weighted by Crippen LogP contribution is -2.48. The first-order valence-electron chi connectivity index (χ1n) is 8.76. The molecule has 132 valence electrons. The predicted molar refractivity (Wildman–Crippen MR) is 92.2 cm³/mol. The van der Waals surface area contributed by atoms with Crippen molar-refractivity contribution in [3.63, 3.8) is 0 Å². The molecule has 4 heterocycles. The average molecular weight is 341 g/mol. The Labute approximate surface area is 146 Å². The summed E-state index contributed by atoms with van der Waals surface area (Å²) in [5.74, 6) is 0.756. The number of benzene rings is 1. The van der Waals surface area contributed by atoms with Crippen LogP contribution in [0.4, 0.5) is 5.95 Å². The van der Waals surface area contributed by atoms with Crippen LogP contribution in [0, 0.1) is 5.92 Å². The molecule has 0 aliphatic carbocycles. The quantitative estimate of drug-likeness (QED) is 0.864. The Hall–Kier alpha value is -2.48. The van der Waals surface area contributed by atoms with Crippen LogP contribution >= 0.6 is 0 Å². The number of amides is 1. The van der Waals surface area contributed by atoms with Gasteiger partial charge in [-0.15, -0.1) is 0 Å². The van der Waals surface area contributed by atoms with Gasteiger partial charge in [0.05, 0.1) is 0 Å². The van der Waals surface area contributed by atoms with Crippen molar-refractivity contribution < 1.29 is 4.79 Å². The molecule has 1 amide bonds. The van der Waals surface area contributed by atoms with Crippen LogP contribution in [0.1, 0.15) is 18.4 Å². The minimum Gasteiger partial charge on any atom is -0.367 e. The second kappa shape index (κ2) is 6.79. The number of hydrogen-bond donors (Lipinski definition) is 1. The number of nitrogens with zero attached hydrogens (tertiary/aromatic N) is 6. The number of rotatable bonds is 4. The van der Waals surface area contributed by atoms with E-state index in [0.717, 1.165) is 32.6 Å². The number of anilines is 1. The van der Waals surface area contributed by atoms with Crippen LogP contribution in [0.2, 0.25) is 0 Å². The van der Waals surface area contributed by atoms with Crippen LogP contribution in [-0.4, -0.2) is 61.6 Å². The normalized spacial score (nSPS) is 23.6. The highest BCUT2D eigenvalue weighted by Crippen LogP contribution is 2.29. The van der Waals surface area contributed by atoms with Crippen molar-refractivity contribution in [2.75, 3.05) is 25.4 Å². The second-order valence-electron chi connectivity index (χ2n) is 7.02. The highest BCUT2D eigenvalue weighted by molar-refractivity contribution is 5.76. The number of tetrazole rings is 1. The van der Waals surface area contributed by atoms with Crippen molar-refractivity contribution in [1.29, 1.82) is 0 Å². The van der Waals surface area contributed by atoms with Gasteiger partial charge in [0.25, 0.3) is 0 Å². The highest BCUT2D eigenvalue weighted by Gasteiger charge is 2.37. The van der Waals surface area contributed by atoms with Gasteiger partial charge in [0.2, 0.25) is 11.9 Å². The molecule has 0 radical (unpaired) electrons. The summed E-state index contributed by atoms with van der Waals surface area (Å²) in [7, 11) is 0. The molecule has 3 aliphatic rings. The summed E-state index contributed by atoms with van der Waals surface area (Å²) in [6.07, 6.45) is 2.25. The van der Waals surface area contributed by atoms with Gasteiger partial charge in [-0.2, -0.15) is 0 Å². The fourth-order valence-electron chi connectivity index (χ4n) is 4.00. The molecule has 3 saturated heterocycles. The zero-order valence-electron chi connectivity index (χ0n) is 14.2. The van der Waals surface area contributed by atoms with E-state index in [4.69, 9.17) is 5.73 Å². The number of aromatic nitrogens is 4. The standard InChI is InChI=1S/C17H23N7O/c18-17-19-20-21-24(17)12-16(25)23-10-14-6-7-15(23)11-22(9-14)8-13-4-2-1-3-5-13/h1-5,14-15H,6-12H2,(H2,18,19,21)/t14-,15+/m1/s1. The molecule has 8 heteroatoms. The molecule has 1 aromatic heterocycles. The SMILES string of the molecule is Nc1nnnn1CC(=O)N1C[C@@H]2CC[C@H]1CN(Cc1ccccc1)C2. The lowest BCUT2D eigenvalue weighted by molar-refractivity contribution is -0.136. The Morgan fingerprint density at radius 3 is 2.76 bits per heavy atom. The Balaban J connectivity index is 1.44.